The van der Waals surface area contributed by atoms with Gasteiger partial charge in [0, 0.05) is 12.4 Å². The zero-order valence-corrected chi connectivity index (χ0v) is 9.99. The Labute approximate surface area is 104 Å². The van der Waals surface area contributed by atoms with Crippen LogP contribution in [0.2, 0.25) is 0 Å². The van der Waals surface area contributed by atoms with Gasteiger partial charge in [-0.3, -0.25) is 4.57 Å². The van der Waals surface area contributed by atoms with E-state index in [0.717, 1.165) is 17.2 Å². The van der Waals surface area contributed by atoms with Crippen molar-refractivity contribution in [3.05, 3.63) is 48.5 Å². The van der Waals surface area contributed by atoms with Crippen LogP contribution in [0.15, 0.2) is 42.7 Å². The minimum absolute atomic E-state index is 0.179. The second-order valence-corrected chi connectivity index (χ2v) is 4.13. The number of aromatic nitrogens is 4. The molecule has 3 aromatic heterocycles. The number of nitrogens with two attached hydrogens (primary N) is 1. The smallest absolute Gasteiger partial charge is 0.178 e. The van der Waals surface area contributed by atoms with E-state index in [1.807, 2.05) is 41.8 Å². The molecule has 90 valence electrons. The highest BCUT2D eigenvalue weighted by molar-refractivity contribution is 5.73. The van der Waals surface area contributed by atoms with Crippen LogP contribution in [0.1, 0.15) is 18.8 Å². The zero-order chi connectivity index (χ0) is 12.5. The molecular formula is C13H13N5. The summed E-state index contributed by atoms with van der Waals surface area (Å²) in [6.07, 6.45) is 3.48. The van der Waals surface area contributed by atoms with Gasteiger partial charge in [0.25, 0.3) is 0 Å². The fourth-order valence-electron chi connectivity index (χ4n) is 1.96. The molecule has 1 atom stereocenters. The first-order valence-electron chi connectivity index (χ1n) is 5.78. The molecule has 0 radical (unpaired) electrons. The van der Waals surface area contributed by atoms with Gasteiger partial charge in [-0.15, -0.1) is 0 Å². The molecule has 0 saturated heterocycles. The van der Waals surface area contributed by atoms with Crippen LogP contribution in [0.25, 0.3) is 17.0 Å². The van der Waals surface area contributed by atoms with Crippen LogP contribution >= 0.6 is 0 Å². The first-order valence-corrected chi connectivity index (χ1v) is 5.78. The normalized spacial score (nSPS) is 12.8. The number of hydrogen-bond acceptors (Lipinski definition) is 4. The lowest BCUT2D eigenvalue weighted by Gasteiger charge is -2.09. The molecular weight excluding hydrogens is 226 g/mol. The first-order chi connectivity index (χ1) is 8.77. The van der Waals surface area contributed by atoms with E-state index in [1.54, 1.807) is 12.4 Å². The Balaban J connectivity index is 2.35. The van der Waals surface area contributed by atoms with E-state index in [-0.39, 0.29) is 6.04 Å². The number of hydrogen-bond donors (Lipinski definition) is 1. The summed E-state index contributed by atoms with van der Waals surface area (Å²) in [5.74, 6) is 1.57. The third-order valence-corrected chi connectivity index (χ3v) is 2.74. The summed E-state index contributed by atoms with van der Waals surface area (Å²) in [6.45, 7) is 1.90. The van der Waals surface area contributed by atoms with Gasteiger partial charge in [-0.25, -0.2) is 15.0 Å². The molecule has 3 heterocycles. The lowest BCUT2D eigenvalue weighted by atomic mass is 10.3. The van der Waals surface area contributed by atoms with E-state index in [4.69, 9.17) is 5.73 Å². The summed E-state index contributed by atoms with van der Waals surface area (Å²) in [7, 11) is 0. The summed E-state index contributed by atoms with van der Waals surface area (Å²) < 4.78 is 1.95. The van der Waals surface area contributed by atoms with Gasteiger partial charge < -0.3 is 5.73 Å². The molecule has 0 spiro atoms. The molecule has 2 N–H and O–H groups in total. The van der Waals surface area contributed by atoms with Gasteiger partial charge in [-0.1, -0.05) is 6.07 Å². The monoisotopic (exact) mass is 239 g/mol. The summed E-state index contributed by atoms with van der Waals surface area (Å²) >= 11 is 0. The van der Waals surface area contributed by atoms with Gasteiger partial charge in [0.1, 0.15) is 11.6 Å². The maximum Gasteiger partial charge on any atom is 0.178 e. The molecule has 1 unspecified atom stereocenters. The molecule has 3 aromatic rings. The van der Waals surface area contributed by atoms with E-state index >= 15 is 0 Å². The van der Waals surface area contributed by atoms with Crippen molar-refractivity contribution < 1.29 is 0 Å². The van der Waals surface area contributed by atoms with Crippen molar-refractivity contribution in [2.24, 2.45) is 5.73 Å². The highest BCUT2D eigenvalue weighted by Gasteiger charge is 2.16. The van der Waals surface area contributed by atoms with Crippen molar-refractivity contribution in [1.82, 2.24) is 19.5 Å². The zero-order valence-electron chi connectivity index (χ0n) is 9.99. The molecule has 5 nitrogen and oxygen atoms in total. The predicted molar refractivity (Wildman–Crippen MR) is 69.3 cm³/mol. The average molecular weight is 239 g/mol. The van der Waals surface area contributed by atoms with Crippen LogP contribution in [0.5, 0.6) is 0 Å². The van der Waals surface area contributed by atoms with Crippen LogP contribution in [0.4, 0.5) is 0 Å². The maximum absolute atomic E-state index is 5.98. The Kier molecular flexibility index (Phi) is 2.53. The quantitative estimate of drug-likeness (QED) is 0.740. The number of rotatable bonds is 2. The average Bonchev–Trinajstić information content (AvgIpc) is 2.79. The number of nitrogens with zero attached hydrogens (tertiary/aromatic N) is 4. The topological polar surface area (TPSA) is 69.6 Å². The Morgan fingerprint density at radius 3 is 2.67 bits per heavy atom. The molecule has 0 aliphatic rings. The predicted octanol–water partition coefficient (Wildman–Crippen LogP) is 1.84. The van der Waals surface area contributed by atoms with E-state index in [0.29, 0.717) is 5.65 Å². The SMILES string of the molecule is CC(N)c1nc2ncccc2n1-c1ccccn1. The van der Waals surface area contributed by atoms with Gasteiger partial charge in [0.05, 0.1) is 11.6 Å². The van der Waals surface area contributed by atoms with Crippen molar-refractivity contribution in [2.45, 2.75) is 13.0 Å². The molecule has 0 aliphatic carbocycles. The van der Waals surface area contributed by atoms with Gasteiger partial charge in [0.2, 0.25) is 0 Å². The summed E-state index contributed by atoms with van der Waals surface area (Å²) in [5, 5.41) is 0. The van der Waals surface area contributed by atoms with E-state index in [2.05, 4.69) is 15.0 Å². The van der Waals surface area contributed by atoms with Crippen molar-refractivity contribution in [2.75, 3.05) is 0 Å². The highest BCUT2D eigenvalue weighted by atomic mass is 15.2. The summed E-state index contributed by atoms with van der Waals surface area (Å²) in [6, 6.07) is 9.42. The number of fused-ring (bicyclic) bond motifs is 1. The van der Waals surface area contributed by atoms with Gasteiger partial charge in [-0.05, 0) is 31.2 Å². The molecule has 0 bridgehead atoms. The molecule has 3 rings (SSSR count). The van der Waals surface area contributed by atoms with Crippen molar-refractivity contribution >= 4 is 11.2 Å². The van der Waals surface area contributed by atoms with Gasteiger partial charge >= 0.3 is 0 Å². The van der Waals surface area contributed by atoms with E-state index in [9.17, 15) is 0 Å². The lowest BCUT2D eigenvalue weighted by molar-refractivity contribution is 0.721. The van der Waals surface area contributed by atoms with Crippen molar-refractivity contribution in [3.63, 3.8) is 0 Å². The lowest BCUT2D eigenvalue weighted by Crippen LogP contribution is -2.13. The Bertz CT molecular complexity index is 672. The third-order valence-electron chi connectivity index (χ3n) is 2.74. The molecule has 0 fully saturated rings. The van der Waals surface area contributed by atoms with Crippen LogP contribution in [0, 0.1) is 0 Å². The molecule has 0 amide bonds. The van der Waals surface area contributed by atoms with Gasteiger partial charge in [-0.2, -0.15) is 0 Å². The minimum atomic E-state index is -0.179. The molecule has 0 aromatic carbocycles. The molecule has 5 heteroatoms. The Morgan fingerprint density at radius 2 is 1.94 bits per heavy atom. The second kappa shape index (κ2) is 4.19. The van der Waals surface area contributed by atoms with Crippen molar-refractivity contribution in [1.29, 1.82) is 0 Å². The van der Waals surface area contributed by atoms with Crippen molar-refractivity contribution in [3.8, 4) is 5.82 Å². The highest BCUT2D eigenvalue weighted by Crippen LogP contribution is 2.21. The van der Waals surface area contributed by atoms with Crippen LogP contribution in [0.3, 0.4) is 0 Å². The summed E-state index contributed by atoms with van der Waals surface area (Å²) in [4.78, 5) is 13.1. The fourth-order valence-corrected chi connectivity index (χ4v) is 1.96. The fraction of sp³-hybridized carbons (Fsp3) is 0.154. The third kappa shape index (κ3) is 1.65. The van der Waals surface area contributed by atoms with E-state index < -0.39 is 0 Å². The van der Waals surface area contributed by atoms with Crippen LogP contribution in [-0.4, -0.2) is 19.5 Å². The minimum Gasteiger partial charge on any atom is -0.322 e. The molecule has 0 saturated carbocycles. The van der Waals surface area contributed by atoms with E-state index in [1.165, 1.54) is 0 Å². The first kappa shape index (κ1) is 10.9. The molecule has 18 heavy (non-hydrogen) atoms. The Morgan fingerprint density at radius 1 is 1.11 bits per heavy atom. The molecule has 0 aliphatic heterocycles. The Hall–Kier alpha value is -2.27. The largest absolute Gasteiger partial charge is 0.322 e. The van der Waals surface area contributed by atoms with Crippen LogP contribution in [-0.2, 0) is 0 Å². The van der Waals surface area contributed by atoms with Gasteiger partial charge in [0.15, 0.2) is 5.65 Å². The maximum atomic E-state index is 5.98. The van der Waals surface area contributed by atoms with Crippen LogP contribution < -0.4 is 5.73 Å². The summed E-state index contributed by atoms with van der Waals surface area (Å²) in [5.41, 5.74) is 7.59. The second-order valence-electron chi connectivity index (χ2n) is 4.13. The number of pyridine rings is 2. The number of imidazole rings is 1. The standard InChI is InChI=1S/C13H13N5/c1-9(14)13-17-12-10(5-4-8-16-12)18(13)11-6-2-3-7-15-11/h2-9H,14H2,1H3.